The number of primary amides is 1. The largest absolute Gasteiger partial charge is 0.369 e. The predicted octanol–water partition coefficient (Wildman–Crippen LogP) is 0.125. The van der Waals surface area contributed by atoms with Crippen molar-refractivity contribution >= 4 is 5.91 Å². The molecule has 7 heteroatoms. The summed E-state index contributed by atoms with van der Waals surface area (Å²) in [5, 5.41) is 11.9. The van der Waals surface area contributed by atoms with E-state index in [0.717, 1.165) is 38.3 Å². The van der Waals surface area contributed by atoms with Gasteiger partial charge < -0.3 is 5.73 Å². The summed E-state index contributed by atoms with van der Waals surface area (Å²) in [4.78, 5) is 13.4. The molecule has 1 aromatic heterocycles. The Morgan fingerprint density at radius 1 is 1.37 bits per heavy atom. The monoisotopic (exact) mass is 266 g/mol. The second-order valence-corrected chi connectivity index (χ2v) is 6.13. The zero-order valence-electron chi connectivity index (χ0n) is 11.8. The third-order valence-electron chi connectivity index (χ3n) is 3.52. The molecule has 0 aromatic carbocycles. The lowest BCUT2D eigenvalue weighted by atomic mass is 9.96. The molecule has 7 nitrogen and oxygen atoms in total. The third kappa shape index (κ3) is 3.28. The minimum atomic E-state index is -0.181. The molecule has 0 aliphatic carbocycles. The van der Waals surface area contributed by atoms with Gasteiger partial charge in [0.25, 0.3) is 0 Å². The molecule has 0 unspecified atom stereocenters. The van der Waals surface area contributed by atoms with Gasteiger partial charge in [-0.25, -0.2) is 4.68 Å². The summed E-state index contributed by atoms with van der Waals surface area (Å²) in [7, 11) is 0. The van der Waals surface area contributed by atoms with Crippen LogP contribution in [0.3, 0.4) is 0 Å². The zero-order valence-corrected chi connectivity index (χ0v) is 11.8. The molecular weight excluding hydrogens is 244 g/mol. The third-order valence-corrected chi connectivity index (χ3v) is 3.52. The summed E-state index contributed by atoms with van der Waals surface area (Å²) in [6, 6.07) is 0. The van der Waals surface area contributed by atoms with Crippen LogP contribution in [0.4, 0.5) is 0 Å². The summed E-state index contributed by atoms with van der Waals surface area (Å²) in [6.07, 6.45) is 1.65. The van der Waals surface area contributed by atoms with Crippen molar-refractivity contribution in [3.8, 4) is 0 Å². The van der Waals surface area contributed by atoms with E-state index in [0.29, 0.717) is 0 Å². The van der Waals surface area contributed by atoms with Crippen molar-refractivity contribution < 1.29 is 4.79 Å². The van der Waals surface area contributed by atoms with Gasteiger partial charge in [0.2, 0.25) is 5.91 Å². The van der Waals surface area contributed by atoms with Crippen molar-refractivity contribution in [2.75, 3.05) is 13.1 Å². The number of rotatable bonds is 3. The molecule has 1 aromatic rings. The minimum absolute atomic E-state index is 0.0230. The number of amides is 1. The maximum atomic E-state index is 11.1. The van der Waals surface area contributed by atoms with Gasteiger partial charge >= 0.3 is 0 Å². The average molecular weight is 266 g/mol. The molecule has 1 saturated heterocycles. The number of hydrogen-bond acceptors (Lipinski definition) is 5. The van der Waals surface area contributed by atoms with E-state index in [4.69, 9.17) is 5.73 Å². The van der Waals surface area contributed by atoms with Gasteiger partial charge in [0.1, 0.15) is 0 Å². The Labute approximate surface area is 113 Å². The normalized spacial score (nSPS) is 18.7. The van der Waals surface area contributed by atoms with E-state index in [2.05, 4.69) is 41.2 Å². The highest BCUT2D eigenvalue weighted by molar-refractivity contribution is 5.76. The molecule has 2 N–H and O–H groups in total. The Hall–Kier alpha value is -1.50. The van der Waals surface area contributed by atoms with Crippen LogP contribution in [-0.4, -0.2) is 44.1 Å². The van der Waals surface area contributed by atoms with E-state index in [-0.39, 0.29) is 17.4 Å². The van der Waals surface area contributed by atoms with Crippen LogP contribution in [0.2, 0.25) is 0 Å². The first-order valence-corrected chi connectivity index (χ1v) is 6.67. The number of carbonyl (C=O) groups excluding carboxylic acids is 1. The van der Waals surface area contributed by atoms with E-state index in [1.54, 1.807) is 0 Å². The molecule has 2 heterocycles. The summed E-state index contributed by atoms with van der Waals surface area (Å²) in [5.41, 5.74) is 5.22. The minimum Gasteiger partial charge on any atom is -0.369 e. The molecule has 0 atom stereocenters. The first-order valence-electron chi connectivity index (χ1n) is 6.67. The first-order chi connectivity index (χ1) is 8.88. The highest BCUT2D eigenvalue weighted by Gasteiger charge is 2.26. The van der Waals surface area contributed by atoms with Crippen LogP contribution in [0.15, 0.2) is 0 Å². The van der Waals surface area contributed by atoms with Gasteiger partial charge in [0, 0.05) is 5.92 Å². The molecule has 1 fully saturated rings. The Bertz CT molecular complexity index is 441. The number of tetrazole rings is 1. The number of aromatic nitrogens is 4. The fraction of sp³-hybridized carbons (Fsp3) is 0.833. The molecule has 1 amide bonds. The van der Waals surface area contributed by atoms with Crippen LogP contribution < -0.4 is 5.73 Å². The van der Waals surface area contributed by atoms with E-state index in [1.807, 2.05) is 4.68 Å². The molecule has 1 aliphatic heterocycles. The number of nitrogens with two attached hydrogens (primary N) is 1. The Kier molecular flexibility index (Phi) is 3.84. The summed E-state index contributed by atoms with van der Waals surface area (Å²) < 4.78 is 1.85. The molecule has 2 rings (SSSR count). The smallest absolute Gasteiger partial charge is 0.220 e. The lowest BCUT2D eigenvalue weighted by Gasteiger charge is -2.30. The highest BCUT2D eigenvalue weighted by atomic mass is 16.1. The Balaban J connectivity index is 1.97. The maximum Gasteiger partial charge on any atom is 0.220 e. The van der Waals surface area contributed by atoms with Gasteiger partial charge in [-0.15, -0.1) is 5.10 Å². The number of likely N-dealkylation sites (tertiary alicyclic amines) is 1. The van der Waals surface area contributed by atoms with Crippen LogP contribution in [0.5, 0.6) is 0 Å². The van der Waals surface area contributed by atoms with Crippen LogP contribution in [-0.2, 0) is 16.9 Å². The lowest BCUT2D eigenvalue weighted by molar-refractivity contribution is -0.123. The number of carbonyl (C=O) groups is 1. The zero-order chi connectivity index (χ0) is 14.0. The van der Waals surface area contributed by atoms with E-state index in [9.17, 15) is 4.79 Å². The van der Waals surface area contributed by atoms with Crippen molar-refractivity contribution in [1.29, 1.82) is 0 Å². The molecular formula is C12H22N6O. The fourth-order valence-corrected chi connectivity index (χ4v) is 2.40. The SMILES string of the molecule is CC(C)(C)n1nnnc1CN1CCC(C(N)=O)CC1. The quantitative estimate of drug-likeness (QED) is 0.839. The summed E-state index contributed by atoms with van der Waals surface area (Å²) in [6.45, 7) is 8.68. The van der Waals surface area contributed by atoms with Gasteiger partial charge in [-0.1, -0.05) is 0 Å². The van der Waals surface area contributed by atoms with E-state index >= 15 is 0 Å². The van der Waals surface area contributed by atoms with Gasteiger partial charge in [0.05, 0.1) is 12.1 Å². The van der Waals surface area contributed by atoms with Crippen LogP contribution in [0.1, 0.15) is 39.4 Å². The molecule has 0 radical (unpaired) electrons. The number of nitrogens with zero attached hydrogens (tertiary/aromatic N) is 5. The second-order valence-electron chi connectivity index (χ2n) is 6.13. The van der Waals surface area contributed by atoms with Crippen molar-refractivity contribution in [2.45, 2.75) is 45.7 Å². The van der Waals surface area contributed by atoms with Gasteiger partial charge in [-0.2, -0.15) is 0 Å². The standard InChI is InChI=1S/C12H22N6O/c1-12(2,3)18-10(14-15-16-18)8-17-6-4-9(5-7-17)11(13)19/h9H,4-8H2,1-3H3,(H2,13,19). The molecule has 1 aliphatic rings. The van der Waals surface area contributed by atoms with Crippen molar-refractivity contribution in [1.82, 2.24) is 25.1 Å². The number of hydrogen-bond donors (Lipinski definition) is 1. The summed E-state index contributed by atoms with van der Waals surface area (Å²) >= 11 is 0. The maximum absolute atomic E-state index is 11.1. The molecule has 106 valence electrons. The van der Waals surface area contributed by atoms with Gasteiger partial charge in [-0.3, -0.25) is 9.69 Å². The fourth-order valence-electron chi connectivity index (χ4n) is 2.40. The average Bonchev–Trinajstić information content (AvgIpc) is 2.77. The highest BCUT2D eigenvalue weighted by Crippen LogP contribution is 2.19. The summed E-state index contributed by atoms with van der Waals surface area (Å²) in [5.74, 6) is 0.707. The van der Waals surface area contributed by atoms with Gasteiger partial charge in [-0.05, 0) is 57.1 Å². The van der Waals surface area contributed by atoms with E-state index < -0.39 is 0 Å². The van der Waals surface area contributed by atoms with Gasteiger partial charge in [0.15, 0.2) is 5.82 Å². The van der Waals surface area contributed by atoms with Crippen LogP contribution in [0.25, 0.3) is 0 Å². The molecule has 19 heavy (non-hydrogen) atoms. The van der Waals surface area contributed by atoms with E-state index in [1.165, 1.54) is 0 Å². The first kappa shape index (κ1) is 13.9. The predicted molar refractivity (Wildman–Crippen MR) is 70.0 cm³/mol. The topological polar surface area (TPSA) is 89.9 Å². The van der Waals surface area contributed by atoms with Crippen LogP contribution in [0, 0.1) is 5.92 Å². The second kappa shape index (κ2) is 5.24. The lowest BCUT2D eigenvalue weighted by Crippen LogP contribution is -2.39. The van der Waals surface area contributed by atoms with Crippen LogP contribution >= 0.6 is 0 Å². The Morgan fingerprint density at radius 2 is 2.00 bits per heavy atom. The van der Waals surface area contributed by atoms with Crippen molar-refractivity contribution in [3.05, 3.63) is 5.82 Å². The van der Waals surface area contributed by atoms with Crippen molar-refractivity contribution in [3.63, 3.8) is 0 Å². The molecule has 0 bridgehead atoms. The number of piperidine rings is 1. The van der Waals surface area contributed by atoms with Crippen molar-refractivity contribution in [2.24, 2.45) is 11.7 Å². The molecule has 0 spiro atoms. The molecule has 0 saturated carbocycles. The Morgan fingerprint density at radius 3 is 2.53 bits per heavy atom.